The summed E-state index contributed by atoms with van der Waals surface area (Å²) in [5, 5.41) is 0. The number of piperidine rings is 1. The van der Waals surface area contributed by atoms with E-state index in [1.165, 1.54) is 51.7 Å². The highest BCUT2D eigenvalue weighted by atomic mass is 15.1. The van der Waals surface area contributed by atoms with Crippen LogP contribution < -0.4 is 5.73 Å². The molecule has 2 heteroatoms. The van der Waals surface area contributed by atoms with Gasteiger partial charge in [-0.3, -0.25) is 0 Å². The third kappa shape index (κ3) is 2.94. The van der Waals surface area contributed by atoms with E-state index in [0.717, 1.165) is 18.4 Å². The summed E-state index contributed by atoms with van der Waals surface area (Å²) in [6.45, 7) is 7.01. The predicted octanol–water partition coefficient (Wildman–Crippen LogP) is 2.09. The van der Waals surface area contributed by atoms with E-state index in [1.807, 2.05) is 0 Å². The van der Waals surface area contributed by atoms with Gasteiger partial charge in [-0.2, -0.15) is 0 Å². The fourth-order valence-corrected chi connectivity index (χ4v) is 3.36. The summed E-state index contributed by atoms with van der Waals surface area (Å²) in [7, 11) is 0. The van der Waals surface area contributed by atoms with Crippen molar-refractivity contribution in [3.8, 4) is 0 Å². The second-order valence-corrected chi connectivity index (χ2v) is 5.69. The van der Waals surface area contributed by atoms with Gasteiger partial charge in [-0.15, -0.1) is 0 Å². The summed E-state index contributed by atoms with van der Waals surface area (Å²) in [5.74, 6) is 2.74. The van der Waals surface area contributed by atoms with E-state index in [4.69, 9.17) is 5.73 Å². The Hall–Kier alpha value is -0.0800. The number of nitrogens with two attached hydrogens (primary N) is 1. The van der Waals surface area contributed by atoms with Crippen molar-refractivity contribution in [1.82, 2.24) is 4.90 Å². The van der Waals surface area contributed by atoms with Gasteiger partial charge in [0, 0.05) is 13.1 Å². The minimum Gasteiger partial charge on any atom is -0.330 e. The van der Waals surface area contributed by atoms with E-state index in [2.05, 4.69) is 11.8 Å². The average molecular weight is 210 g/mol. The minimum atomic E-state index is 0.671. The van der Waals surface area contributed by atoms with Crippen LogP contribution in [0.4, 0.5) is 0 Å². The van der Waals surface area contributed by atoms with Gasteiger partial charge >= 0.3 is 0 Å². The van der Waals surface area contributed by atoms with E-state index in [0.29, 0.717) is 5.92 Å². The topological polar surface area (TPSA) is 29.3 Å². The molecule has 0 aromatic heterocycles. The molecular weight excluding hydrogens is 184 g/mol. The fraction of sp³-hybridized carbons (Fsp3) is 1.00. The summed E-state index contributed by atoms with van der Waals surface area (Å²) in [4.78, 5) is 2.66. The quantitative estimate of drug-likeness (QED) is 0.773. The van der Waals surface area contributed by atoms with Crippen LogP contribution in [-0.4, -0.2) is 31.1 Å². The zero-order valence-corrected chi connectivity index (χ0v) is 10.1. The first-order valence-corrected chi connectivity index (χ1v) is 6.72. The molecule has 2 rings (SSSR count). The highest BCUT2D eigenvalue weighted by Crippen LogP contribution is 2.36. The van der Waals surface area contributed by atoms with Gasteiger partial charge in [-0.25, -0.2) is 0 Å². The Kier molecular flexibility index (Phi) is 4.04. The van der Waals surface area contributed by atoms with Gasteiger partial charge in [0.2, 0.25) is 0 Å². The summed E-state index contributed by atoms with van der Waals surface area (Å²) < 4.78 is 0. The van der Waals surface area contributed by atoms with Crippen molar-refractivity contribution < 1.29 is 0 Å². The predicted molar refractivity (Wildman–Crippen MR) is 64.7 cm³/mol. The fourth-order valence-electron chi connectivity index (χ4n) is 3.36. The van der Waals surface area contributed by atoms with Crippen LogP contribution >= 0.6 is 0 Å². The number of hydrogen-bond acceptors (Lipinski definition) is 2. The minimum absolute atomic E-state index is 0.671. The van der Waals surface area contributed by atoms with E-state index < -0.39 is 0 Å². The van der Waals surface area contributed by atoms with Crippen LogP contribution in [0.15, 0.2) is 0 Å². The van der Waals surface area contributed by atoms with Crippen molar-refractivity contribution in [2.24, 2.45) is 23.5 Å². The molecule has 1 heterocycles. The Morgan fingerprint density at radius 1 is 1.20 bits per heavy atom. The average Bonchev–Trinajstić information content (AvgIpc) is 2.29. The molecule has 0 radical (unpaired) electrons. The van der Waals surface area contributed by atoms with Crippen LogP contribution in [0, 0.1) is 17.8 Å². The number of hydrogen-bond donors (Lipinski definition) is 1. The normalized spacial score (nSPS) is 34.8. The third-order valence-electron chi connectivity index (χ3n) is 4.35. The van der Waals surface area contributed by atoms with Gasteiger partial charge in [0.05, 0.1) is 0 Å². The molecule has 0 bridgehead atoms. The molecule has 1 saturated heterocycles. The van der Waals surface area contributed by atoms with Gasteiger partial charge in [0.15, 0.2) is 0 Å². The van der Waals surface area contributed by atoms with E-state index in [1.54, 1.807) is 0 Å². The molecule has 1 aliphatic heterocycles. The highest BCUT2D eigenvalue weighted by Gasteiger charge is 2.31. The molecule has 2 fully saturated rings. The number of fused-ring (bicyclic) bond motifs is 1. The smallest absolute Gasteiger partial charge is 0.00192 e. The van der Waals surface area contributed by atoms with Crippen LogP contribution in [0.3, 0.4) is 0 Å². The Bertz CT molecular complexity index is 193. The first kappa shape index (κ1) is 11.4. The molecule has 2 N–H and O–H groups in total. The van der Waals surface area contributed by atoms with Crippen molar-refractivity contribution >= 4 is 0 Å². The van der Waals surface area contributed by atoms with Gasteiger partial charge in [-0.05, 0) is 43.7 Å². The summed E-state index contributed by atoms with van der Waals surface area (Å²) in [5.41, 5.74) is 5.69. The maximum Gasteiger partial charge on any atom is 0.00192 e. The maximum atomic E-state index is 5.69. The molecule has 3 unspecified atom stereocenters. The summed E-state index contributed by atoms with van der Waals surface area (Å²) in [6.07, 6.45) is 7.40. The van der Waals surface area contributed by atoms with Gasteiger partial charge in [0.1, 0.15) is 0 Å². The molecule has 2 nitrogen and oxygen atoms in total. The van der Waals surface area contributed by atoms with Crippen LogP contribution in [0.25, 0.3) is 0 Å². The SMILES string of the molecule is CC(CN)CN1CCC2CCCCC2C1. The standard InChI is InChI=1S/C13H26N2/c1-11(8-14)9-15-7-6-12-4-2-3-5-13(12)10-15/h11-13H,2-10,14H2,1H3. The molecule has 15 heavy (non-hydrogen) atoms. The van der Waals surface area contributed by atoms with Crippen molar-refractivity contribution in [3.63, 3.8) is 0 Å². The lowest BCUT2D eigenvalue weighted by Crippen LogP contribution is -2.44. The Labute approximate surface area is 94.2 Å². The highest BCUT2D eigenvalue weighted by molar-refractivity contribution is 4.83. The largest absolute Gasteiger partial charge is 0.330 e. The molecule has 1 saturated carbocycles. The van der Waals surface area contributed by atoms with E-state index in [9.17, 15) is 0 Å². The molecule has 3 atom stereocenters. The van der Waals surface area contributed by atoms with Crippen molar-refractivity contribution in [2.75, 3.05) is 26.2 Å². The second-order valence-electron chi connectivity index (χ2n) is 5.69. The zero-order chi connectivity index (χ0) is 10.7. The van der Waals surface area contributed by atoms with Crippen molar-refractivity contribution in [3.05, 3.63) is 0 Å². The summed E-state index contributed by atoms with van der Waals surface area (Å²) >= 11 is 0. The lowest BCUT2D eigenvalue weighted by molar-refractivity contribution is 0.0782. The molecule has 2 aliphatic rings. The second kappa shape index (κ2) is 5.31. The van der Waals surface area contributed by atoms with Crippen molar-refractivity contribution in [2.45, 2.75) is 39.0 Å². The molecular formula is C13H26N2. The number of nitrogens with zero attached hydrogens (tertiary/aromatic N) is 1. The van der Waals surface area contributed by atoms with Crippen LogP contribution in [0.1, 0.15) is 39.0 Å². The van der Waals surface area contributed by atoms with E-state index >= 15 is 0 Å². The Morgan fingerprint density at radius 2 is 1.93 bits per heavy atom. The van der Waals surface area contributed by atoms with Gasteiger partial charge < -0.3 is 10.6 Å². The lowest BCUT2D eigenvalue weighted by atomic mass is 9.75. The van der Waals surface area contributed by atoms with Crippen LogP contribution in [0.5, 0.6) is 0 Å². The number of rotatable bonds is 3. The Balaban J connectivity index is 1.80. The molecule has 0 spiro atoms. The van der Waals surface area contributed by atoms with Gasteiger partial charge in [-0.1, -0.05) is 26.2 Å². The molecule has 1 aliphatic carbocycles. The molecule has 88 valence electrons. The van der Waals surface area contributed by atoms with Crippen LogP contribution in [0.2, 0.25) is 0 Å². The lowest BCUT2D eigenvalue weighted by Gasteiger charge is -2.42. The monoisotopic (exact) mass is 210 g/mol. The van der Waals surface area contributed by atoms with Crippen LogP contribution in [-0.2, 0) is 0 Å². The van der Waals surface area contributed by atoms with Crippen molar-refractivity contribution in [1.29, 1.82) is 0 Å². The first-order valence-electron chi connectivity index (χ1n) is 6.72. The summed E-state index contributed by atoms with van der Waals surface area (Å²) in [6, 6.07) is 0. The molecule has 0 aromatic carbocycles. The molecule has 0 amide bonds. The molecule has 0 aromatic rings. The third-order valence-corrected chi connectivity index (χ3v) is 4.35. The number of likely N-dealkylation sites (tertiary alicyclic amines) is 1. The Morgan fingerprint density at radius 3 is 2.67 bits per heavy atom. The van der Waals surface area contributed by atoms with E-state index in [-0.39, 0.29) is 0 Å². The first-order chi connectivity index (χ1) is 7.29. The zero-order valence-electron chi connectivity index (χ0n) is 10.1. The van der Waals surface area contributed by atoms with Gasteiger partial charge in [0.25, 0.3) is 0 Å². The maximum absolute atomic E-state index is 5.69.